The van der Waals surface area contributed by atoms with E-state index >= 15 is 0 Å². The zero-order valence-electron chi connectivity index (χ0n) is 17.3. The molecule has 1 saturated heterocycles. The van der Waals surface area contributed by atoms with Crippen molar-refractivity contribution >= 4 is 5.78 Å². The molecule has 3 aromatic rings. The first kappa shape index (κ1) is 20.1. The summed E-state index contributed by atoms with van der Waals surface area (Å²) in [6, 6.07) is 23.5. The number of Topliss-reactive ketones (excluding diaryl/α,β-unsaturated/α-hetero) is 1. The van der Waals surface area contributed by atoms with Gasteiger partial charge < -0.3 is 0 Å². The second kappa shape index (κ2) is 8.01. The monoisotopic (exact) mass is 417 g/mol. The molecule has 1 saturated carbocycles. The molecule has 0 aromatic heterocycles. The van der Waals surface area contributed by atoms with Gasteiger partial charge in [-0.25, -0.2) is 8.78 Å². The fourth-order valence-electron chi connectivity index (χ4n) is 5.79. The molecule has 158 valence electrons. The summed E-state index contributed by atoms with van der Waals surface area (Å²) in [5.74, 6) is -0.504. The third-order valence-electron chi connectivity index (χ3n) is 7.14. The van der Waals surface area contributed by atoms with Gasteiger partial charge in [-0.3, -0.25) is 9.69 Å². The number of rotatable bonds is 4. The van der Waals surface area contributed by atoms with Crippen molar-refractivity contribution in [2.75, 3.05) is 13.1 Å². The van der Waals surface area contributed by atoms with Crippen molar-refractivity contribution in [3.63, 3.8) is 0 Å². The third-order valence-corrected chi connectivity index (χ3v) is 7.14. The van der Waals surface area contributed by atoms with Gasteiger partial charge in [-0.15, -0.1) is 0 Å². The topological polar surface area (TPSA) is 20.3 Å². The van der Waals surface area contributed by atoms with Crippen molar-refractivity contribution in [1.29, 1.82) is 0 Å². The lowest BCUT2D eigenvalue weighted by Crippen LogP contribution is -2.47. The fourth-order valence-corrected chi connectivity index (χ4v) is 5.79. The molecule has 2 unspecified atom stereocenters. The Morgan fingerprint density at radius 1 is 0.839 bits per heavy atom. The zero-order valence-corrected chi connectivity index (χ0v) is 17.3. The molecule has 2 aliphatic rings. The number of hydrogen-bond acceptors (Lipinski definition) is 2. The predicted molar refractivity (Wildman–Crippen MR) is 117 cm³/mol. The highest BCUT2D eigenvalue weighted by molar-refractivity contribution is 5.84. The molecule has 2 fully saturated rings. The van der Waals surface area contributed by atoms with Crippen molar-refractivity contribution in [2.45, 2.75) is 24.8 Å². The van der Waals surface area contributed by atoms with E-state index in [1.807, 2.05) is 30.3 Å². The van der Waals surface area contributed by atoms with Crippen LogP contribution in [0.5, 0.6) is 0 Å². The molecule has 0 N–H and O–H groups in total. The molecule has 2 atom stereocenters. The van der Waals surface area contributed by atoms with Gasteiger partial charge in [0.05, 0.1) is 0 Å². The normalized spacial score (nSPS) is 23.0. The van der Waals surface area contributed by atoms with Crippen LogP contribution in [0.1, 0.15) is 29.5 Å². The van der Waals surface area contributed by atoms with E-state index in [-0.39, 0.29) is 29.3 Å². The maximum absolute atomic E-state index is 14.3. The number of benzene rings is 3. The van der Waals surface area contributed by atoms with Crippen molar-refractivity contribution in [3.8, 4) is 0 Å². The Labute approximate surface area is 181 Å². The molecule has 0 spiro atoms. The first-order chi connectivity index (χ1) is 15.1. The first-order valence-electron chi connectivity index (χ1n) is 10.9. The number of likely N-dealkylation sites (tertiary alicyclic amines) is 1. The van der Waals surface area contributed by atoms with E-state index in [0.29, 0.717) is 19.4 Å². The average Bonchev–Trinajstić information content (AvgIpc) is 3.20. The molecule has 0 amide bonds. The Morgan fingerprint density at radius 3 is 2.10 bits per heavy atom. The van der Waals surface area contributed by atoms with Crippen LogP contribution in [0, 0.1) is 23.5 Å². The molecule has 1 heterocycles. The van der Waals surface area contributed by atoms with E-state index < -0.39 is 5.41 Å². The van der Waals surface area contributed by atoms with Crippen LogP contribution in [0.3, 0.4) is 0 Å². The zero-order chi connectivity index (χ0) is 21.4. The number of carbonyl (C=O) groups excluding carboxylic acids is 1. The van der Waals surface area contributed by atoms with Crippen molar-refractivity contribution < 1.29 is 13.6 Å². The highest BCUT2D eigenvalue weighted by Gasteiger charge is 2.54. The summed E-state index contributed by atoms with van der Waals surface area (Å²) in [5, 5.41) is 0. The van der Waals surface area contributed by atoms with Crippen molar-refractivity contribution in [1.82, 2.24) is 4.90 Å². The number of nitrogens with zero attached hydrogens (tertiary/aromatic N) is 1. The number of fused-ring (bicyclic) bond motifs is 1. The van der Waals surface area contributed by atoms with E-state index in [0.717, 1.165) is 24.2 Å². The smallest absolute Gasteiger partial charge is 0.137 e. The molecular weight excluding hydrogens is 392 g/mol. The molecule has 0 bridgehead atoms. The molecule has 4 heteroatoms. The Balaban J connectivity index is 1.60. The number of carbonyl (C=O) groups is 1. The standard InChI is InChI=1S/C27H25F2NO/c28-22-10-4-8-20(14-22)27(21-9-5-11-23(29)15-21)13-12-26(31)24-17-30(18-25(24)27)16-19-6-2-1-3-7-19/h1-11,14-15,24-25H,12-13,16-18H2. The summed E-state index contributed by atoms with van der Waals surface area (Å²) >= 11 is 0. The maximum atomic E-state index is 14.3. The van der Waals surface area contributed by atoms with Crippen molar-refractivity contribution in [3.05, 3.63) is 107 Å². The third kappa shape index (κ3) is 3.59. The highest BCUT2D eigenvalue weighted by Crippen LogP contribution is 2.52. The maximum Gasteiger partial charge on any atom is 0.137 e. The molecule has 0 radical (unpaired) electrons. The minimum Gasteiger partial charge on any atom is -0.299 e. The second-order valence-corrected chi connectivity index (χ2v) is 8.85. The van der Waals surface area contributed by atoms with Crippen LogP contribution in [0.25, 0.3) is 0 Å². The van der Waals surface area contributed by atoms with Gasteiger partial charge in [0.1, 0.15) is 17.4 Å². The summed E-state index contributed by atoms with van der Waals surface area (Å²) in [5.41, 5.74) is 2.29. The van der Waals surface area contributed by atoms with Gasteiger partial charge in [0.25, 0.3) is 0 Å². The minimum atomic E-state index is -0.589. The number of halogens is 2. The molecule has 1 aliphatic heterocycles. The molecular formula is C27H25F2NO. The summed E-state index contributed by atoms with van der Waals surface area (Å²) < 4.78 is 28.6. The van der Waals surface area contributed by atoms with Crippen molar-refractivity contribution in [2.24, 2.45) is 11.8 Å². The van der Waals surface area contributed by atoms with Crippen LogP contribution < -0.4 is 0 Å². The lowest BCUT2D eigenvalue weighted by Gasteiger charge is -2.46. The Morgan fingerprint density at radius 2 is 1.48 bits per heavy atom. The summed E-state index contributed by atoms with van der Waals surface area (Å²) in [6.45, 7) is 2.17. The number of ketones is 1. The quantitative estimate of drug-likeness (QED) is 0.569. The van der Waals surface area contributed by atoms with Gasteiger partial charge in [0.2, 0.25) is 0 Å². The van der Waals surface area contributed by atoms with Crippen LogP contribution >= 0.6 is 0 Å². The summed E-state index contributed by atoms with van der Waals surface area (Å²) in [4.78, 5) is 15.3. The lowest BCUT2D eigenvalue weighted by molar-refractivity contribution is -0.126. The van der Waals surface area contributed by atoms with E-state index in [1.165, 1.54) is 17.7 Å². The minimum absolute atomic E-state index is 0.0268. The summed E-state index contributed by atoms with van der Waals surface area (Å²) in [7, 11) is 0. The molecule has 2 nitrogen and oxygen atoms in total. The SMILES string of the molecule is O=C1CCC(c2cccc(F)c2)(c2cccc(F)c2)C2CN(Cc3ccccc3)CC12. The molecule has 5 rings (SSSR count). The summed E-state index contributed by atoms with van der Waals surface area (Å²) in [6.07, 6.45) is 0.993. The number of hydrogen-bond donors (Lipinski definition) is 0. The van der Waals surface area contributed by atoms with Gasteiger partial charge >= 0.3 is 0 Å². The Hall–Kier alpha value is -2.85. The highest BCUT2D eigenvalue weighted by atomic mass is 19.1. The van der Waals surface area contributed by atoms with Gasteiger partial charge in [-0.2, -0.15) is 0 Å². The molecule has 3 aromatic carbocycles. The van der Waals surface area contributed by atoms with E-state index in [2.05, 4.69) is 17.0 Å². The van der Waals surface area contributed by atoms with Gasteiger partial charge in [-0.1, -0.05) is 54.6 Å². The van der Waals surface area contributed by atoms with Gasteiger partial charge in [0, 0.05) is 37.4 Å². The Bertz CT molecular complexity index is 1050. The van der Waals surface area contributed by atoms with Crippen LogP contribution in [0.4, 0.5) is 8.78 Å². The van der Waals surface area contributed by atoms with Crippen LogP contribution in [0.15, 0.2) is 78.9 Å². The Kier molecular flexibility index (Phi) is 5.19. The van der Waals surface area contributed by atoms with Crippen LogP contribution in [0.2, 0.25) is 0 Å². The van der Waals surface area contributed by atoms with Gasteiger partial charge in [0.15, 0.2) is 0 Å². The largest absolute Gasteiger partial charge is 0.299 e. The van der Waals surface area contributed by atoms with Crippen LogP contribution in [-0.4, -0.2) is 23.8 Å². The molecule has 31 heavy (non-hydrogen) atoms. The fraction of sp³-hybridized carbons (Fsp3) is 0.296. The average molecular weight is 417 g/mol. The van der Waals surface area contributed by atoms with E-state index in [4.69, 9.17) is 0 Å². The first-order valence-corrected chi connectivity index (χ1v) is 10.9. The second-order valence-electron chi connectivity index (χ2n) is 8.85. The lowest BCUT2D eigenvalue weighted by atomic mass is 9.56. The van der Waals surface area contributed by atoms with E-state index in [9.17, 15) is 13.6 Å². The molecule has 1 aliphatic carbocycles. The van der Waals surface area contributed by atoms with Crippen LogP contribution in [-0.2, 0) is 16.8 Å². The predicted octanol–water partition coefficient (Wildman–Crippen LogP) is 5.36. The van der Waals surface area contributed by atoms with Gasteiger partial charge in [-0.05, 0) is 53.3 Å². The van der Waals surface area contributed by atoms with E-state index in [1.54, 1.807) is 24.3 Å².